The lowest BCUT2D eigenvalue weighted by Gasteiger charge is -2.47. The van der Waals surface area contributed by atoms with Gasteiger partial charge < -0.3 is 0 Å². The first kappa shape index (κ1) is 21.4. The molecule has 0 bridgehead atoms. The Kier molecular flexibility index (Phi) is 9.35. The van der Waals surface area contributed by atoms with E-state index in [9.17, 15) is 5.26 Å². The van der Waals surface area contributed by atoms with Gasteiger partial charge in [0.05, 0.1) is 6.07 Å². The molecular formula is C14H19Br6N. The topological polar surface area (TPSA) is 23.8 Å². The van der Waals surface area contributed by atoms with E-state index in [1.165, 1.54) is 32.1 Å². The zero-order valence-corrected chi connectivity index (χ0v) is 21.2. The highest BCUT2D eigenvalue weighted by Gasteiger charge is 2.59. The summed E-state index contributed by atoms with van der Waals surface area (Å²) in [5, 5.41) is 9.19. The predicted octanol–water partition coefficient (Wildman–Crippen LogP) is 8.11. The Labute approximate surface area is 178 Å². The molecule has 1 fully saturated rings. The summed E-state index contributed by atoms with van der Waals surface area (Å²) in [7, 11) is 0. The van der Waals surface area contributed by atoms with Crippen LogP contribution in [0.15, 0.2) is 0 Å². The van der Waals surface area contributed by atoms with Gasteiger partial charge in [0.15, 0.2) is 0 Å². The van der Waals surface area contributed by atoms with Crippen molar-refractivity contribution < 1.29 is 0 Å². The van der Waals surface area contributed by atoms with Crippen molar-refractivity contribution in [3.63, 3.8) is 0 Å². The predicted molar refractivity (Wildman–Crippen MR) is 112 cm³/mol. The molecular weight excluding hydrogens is 662 g/mol. The van der Waals surface area contributed by atoms with Crippen molar-refractivity contribution in [2.75, 3.05) is 0 Å². The average Bonchev–Trinajstić information content (AvgIpc) is 2.38. The molecule has 1 atom stereocenters. The van der Waals surface area contributed by atoms with Crippen LogP contribution in [0.1, 0.15) is 57.8 Å². The van der Waals surface area contributed by atoms with Gasteiger partial charge in [-0.2, -0.15) is 5.26 Å². The molecule has 0 heterocycles. The van der Waals surface area contributed by atoms with Crippen LogP contribution >= 0.6 is 95.6 Å². The molecule has 1 aliphatic rings. The highest BCUT2D eigenvalue weighted by atomic mass is 79.9. The Morgan fingerprint density at radius 3 is 1.95 bits per heavy atom. The maximum Gasteiger partial charge on any atom is 0.131 e. The summed E-state index contributed by atoms with van der Waals surface area (Å²) in [5.74, 6) is 0.204. The summed E-state index contributed by atoms with van der Waals surface area (Å²) in [4.78, 5) is 0. The minimum atomic E-state index is -0.472. The molecule has 1 unspecified atom stereocenters. The Balaban J connectivity index is 3.08. The molecule has 0 aromatic carbocycles. The van der Waals surface area contributed by atoms with E-state index in [1.54, 1.807) is 0 Å². The molecule has 0 spiro atoms. The van der Waals surface area contributed by atoms with Gasteiger partial charge in [0.25, 0.3) is 0 Å². The first-order valence-corrected chi connectivity index (χ1v) is 11.9. The lowest BCUT2D eigenvalue weighted by atomic mass is 9.90. The van der Waals surface area contributed by atoms with E-state index in [4.69, 9.17) is 0 Å². The monoisotopic (exact) mass is 675 g/mol. The normalized spacial score (nSPS) is 29.7. The molecule has 0 aromatic heterocycles. The van der Waals surface area contributed by atoms with E-state index in [1.807, 2.05) is 0 Å². The molecule has 0 saturated heterocycles. The van der Waals surface area contributed by atoms with Crippen molar-refractivity contribution in [3.05, 3.63) is 0 Å². The van der Waals surface area contributed by atoms with E-state index >= 15 is 0 Å². The molecule has 0 aromatic rings. The SMILES string of the molecule is N#CCC1CCCCCCCCC(Br)(Br)C(Br)(Br)C1(Br)Br. The zero-order chi connectivity index (χ0) is 16.1. The molecule has 0 aliphatic heterocycles. The van der Waals surface area contributed by atoms with Crippen LogP contribution in [-0.2, 0) is 0 Å². The van der Waals surface area contributed by atoms with Crippen molar-refractivity contribution in [1.29, 1.82) is 5.26 Å². The minimum Gasteiger partial charge on any atom is -0.198 e. The molecule has 1 aliphatic carbocycles. The third-order valence-corrected chi connectivity index (χ3v) is 15.3. The fourth-order valence-electron chi connectivity index (χ4n) is 2.62. The quantitative estimate of drug-likeness (QED) is 0.257. The Morgan fingerprint density at radius 2 is 1.38 bits per heavy atom. The van der Waals surface area contributed by atoms with Crippen LogP contribution < -0.4 is 0 Å². The lowest BCUT2D eigenvalue weighted by Crippen LogP contribution is -2.51. The van der Waals surface area contributed by atoms with Crippen molar-refractivity contribution >= 4 is 95.6 Å². The van der Waals surface area contributed by atoms with Gasteiger partial charge in [0.1, 0.15) is 9.70 Å². The summed E-state index contributed by atoms with van der Waals surface area (Å²) in [6, 6.07) is 2.34. The zero-order valence-electron chi connectivity index (χ0n) is 11.7. The largest absolute Gasteiger partial charge is 0.198 e. The molecule has 0 radical (unpaired) electrons. The summed E-state index contributed by atoms with van der Waals surface area (Å²) < 4.78 is -1.22. The number of hydrogen-bond donors (Lipinski definition) is 0. The van der Waals surface area contributed by atoms with Gasteiger partial charge in [0.2, 0.25) is 0 Å². The third-order valence-electron chi connectivity index (χ3n) is 4.02. The van der Waals surface area contributed by atoms with Crippen LogP contribution in [-0.4, -0.2) is 9.70 Å². The van der Waals surface area contributed by atoms with Gasteiger partial charge >= 0.3 is 0 Å². The van der Waals surface area contributed by atoms with Gasteiger partial charge in [-0.1, -0.05) is 134 Å². The number of halogens is 6. The summed E-state index contributed by atoms with van der Waals surface area (Å²) in [6.07, 6.45) is 9.96. The van der Waals surface area contributed by atoms with Gasteiger partial charge in [-0.15, -0.1) is 0 Å². The molecule has 21 heavy (non-hydrogen) atoms. The van der Waals surface area contributed by atoms with Gasteiger partial charge in [0, 0.05) is 6.42 Å². The van der Waals surface area contributed by atoms with E-state index in [0.717, 1.165) is 19.3 Å². The van der Waals surface area contributed by atoms with Crippen LogP contribution in [0.3, 0.4) is 0 Å². The van der Waals surface area contributed by atoms with Crippen LogP contribution in [0, 0.1) is 17.2 Å². The Morgan fingerprint density at radius 1 is 0.857 bits per heavy atom. The van der Waals surface area contributed by atoms with Crippen molar-refractivity contribution in [1.82, 2.24) is 0 Å². The van der Waals surface area contributed by atoms with E-state index < -0.39 is 6.47 Å². The lowest BCUT2D eigenvalue weighted by molar-refractivity contribution is 0.398. The maximum atomic E-state index is 9.19. The second-order valence-electron chi connectivity index (χ2n) is 5.62. The minimum absolute atomic E-state index is 0.204. The molecule has 1 rings (SSSR count). The van der Waals surface area contributed by atoms with Crippen LogP contribution in [0.25, 0.3) is 0 Å². The van der Waals surface area contributed by atoms with E-state index in [0.29, 0.717) is 6.42 Å². The molecule has 0 N–H and O–H groups in total. The van der Waals surface area contributed by atoms with Crippen molar-refractivity contribution in [3.8, 4) is 6.07 Å². The van der Waals surface area contributed by atoms with Gasteiger partial charge in [-0.05, 0) is 18.8 Å². The first-order valence-electron chi connectivity index (χ1n) is 7.17. The number of hydrogen-bond acceptors (Lipinski definition) is 1. The molecule has 1 saturated carbocycles. The standard InChI is InChI=1S/C14H19Br6N/c15-12(16)9-6-4-2-1-3-5-7-11(8-10-21)13(17,18)14(12,19)20/h11H,1-9H2. The van der Waals surface area contributed by atoms with Crippen molar-refractivity contribution in [2.24, 2.45) is 5.92 Å². The summed E-state index contributed by atoms with van der Waals surface area (Å²) >= 11 is 23.1. The molecule has 1 nitrogen and oxygen atoms in total. The van der Waals surface area contributed by atoms with Gasteiger partial charge in [-0.3, -0.25) is 0 Å². The average molecular weight is 681 g/mol. The van der Waals surface area contributed by atoms with Crippen LogP contribution in [0.2, 0.25) is 0 Å². The highest BCUT2D eigenvalue weighted by Crippen LogP contribution is 2.64. The Bertz CT molecular complexity index is 374. The van der Waals surface area contributed by atoms with Crippen LogP contribution in [0.5, 0.6) is 0 Å². The number of alkyl halides is 6. The summed E-state index contributed by atoms with van der Waals surface area (Å²) in [5.41, 5.74) is 0. The van der Waals surface area contributed by atoms with E-state index in [-0.39, 0.29) is 9.15 Å². The molecule has 7 heteroatoms. The first-order chi connectivity index (χ1) is 9.67. The summed E-state index contributed by atoms with van der Waals surface area (Å²) in [6.45, 7) is 0. The second kappa shape index (κ2) is 9.17. The number of nitriles is 1. The highest BCUT2D eigenvalue weighted by molar-refractivity contribution is 9.33. The van der Waals surface area contributed by atoms with Gasteiger partial charge in [-0.25, -0.2) is 0 Å². The fourth-order valence-corrected chi connectivity index (χ4v) is 7.38. The Hall–Kier alpha value is 2.37. The van der Waals surface area contributed by atoms with E-state index in [2.05, 4.69) is 102 Å². The molecule has 122 valence electrons. The van der Waals surface area contributed by atoms with Crippen molar-refractivity contribution in [2.45, 2.75) is 67.5 Å². The maximum absolute atomic E-state index is 9.19. The number of nitrogens with zero attached hydrogens (tertiary/aromatic N) is 1. The number of rotatable bonds is 1. The second-order valence-corrected chi connectivity index (χ2v) is 16.4. The smallest absolute Gasteiger partial charge is 0.131 e. The fraction of sp³-hybridized carbons (Fsp3) is 0.929. The molecule has 0 amide bonds. The third kappa shape index (κ3) is 5.42. The van der Waals surface area contributed by atoms with Crippen LogP contribution in [0.4, 0.5) is 0 Å².